The molecular formula is C23H21ClN4O2S. The number of nitrogens with one attached hydrogen (secondary N) is 1. The Balaban J connectivity index is 1.63. The molecule has 31 heavy (non-hydrogen) atoms. The topological polar surface area (TPSA) is 73.0 Å². The molecule has 0 aliphatic rings. The number of thioether (sulfide) groups is 1. The van der Waals surface area contributed by atoms with E-state index in [0.717, 1.165) is 22.2 Å². The standard InChI is InChI=1S/C23H21ClN4O2S/c1-15-5-3-6-17(11-15)14-31-23-27-26-21(13-25-22(29)20-7-4-10-30-20)28(23)19-12-18(24)9-8-16(19)2/h3-12H,13-14H2,1-2H3,(H,25,29). The van der Waals surface area contributed by atoms with Crippen molar-refractivity contribution in [2.24, 2.45) is 0 Å². The van der Waals surface area contributed by atoms with Crippen LogP contribution >= 0.6 is 23.4 Å². The summed E-state index contributed by atoms with van der Waals surface area (Å²) in [6, 6.07) is 17.4. The van der Waals surface area contributed by atoms with Gasteiger partial charge in [0, 0.05) is 10.8 Å². The first-order valence-electron chi connectivity index (χ1n) is 9.72. The van der Waals surface area contributed by atoms with Gasteiger partial charge in [0.2, 0.25) is 0 Å². The van der Waals surface area contributed by atoms with Gasteiger partial charge in [-0.2, -0.15) is 0 Å². The van der Waals surface area contributed by atoms with Gasteiger partial charge in [-0.1, -0.05) is 59.3 Å². The zero-order valence-corrected chi connectivity index (χ0v) is 18.7. The Bertz CT molecular complexity index is 1200. The third-order valence-electron chi connectivity index (χ3n) is 4.71. The SMILES string of the molecule is Cc1cccc(CSc2nnc(CNC(=O)c3ccco3)n2-c2cc(Cl)ccc2C)c1. The number of aryl methyl sites for hydroxylation is 2. The molecular weight excluding hydrogens is 432 g/mol. The van der Waals surface area contributed by atoms with Crippen molar-refractivity contribution in [2.45, 2.75) is 31.3 Å². The molecule has 0 atom stereocenters. The van der Waals surface area contributed by atoms with E-state index in [1.807, 2.05) is 35.8 Å². The predicted octanol–water partition coefficient (Wildman–Crippen LogP) is 5.35. The smallest absolute Gasteiger partial charge is 0.287 e. The van der Waals surface area contributed by atoms with Gasteiger partial charge in [0.05, 0.1) is 18.5 Å². The number of halogens is 1. The third kappa shape index (κ3) is 5.00. The van der Waals surface area contributed by atoms with Gasteiger partial charge in [-0.15, -0.1) is 10.2 Å². The Morgan fingerprint density at radius 1 is 1.13 bits per heavy atom. The summed E-state index contributed by atoms with van der Waals surface area (Å²) in [7, 11) is 0. The molecule has 2 aromatic carbocycles. The number of carbonyl (C=O) groups excluding carboxylic acids is 1. The van der Waals surface area contributed by atoms with Crippen LogP contribution in [0, 0.1) is 13.8 Å². The fraction of sp³-hybridized carbons (Fsp3) is 0.174. The number of nitrogens with zero attached hydrogens (tertiary/aromatic N) is 3. The second-order valence-corrected chi connectivity index (χ2v) is 8.48. The lowest BCUT2D eigenvalue weighted by Crippen LogP contribution is -2.24. The van der Waals surface area contributed by atoms with Crippen molar-refractivity contribution in [2.75, 3.05) is 0 Å². The molecule has 0 radical (unpaired) electrons. The van der Waals surface area contributed by atoms with Gasteiger partial charge in [0.25, 0.3) is 5.91 Å². The van der Waals surface area contributed by atoms with E-state index in [0.29, 0.717) is 10.8 Å². The van der Waals surface area contributed by atoms with Gasteiger partial charge in [0.15, 0.2) is 16.7 Å². The van der Waals surface area contributed by atoms with Crippen LogP contribution in [-0.4, -0.2) is 20.7 Å². The molecule has 1 N–H and O–H groups in total. The minimum absolute atomic E-state index is 0.198. The number of aromatic nitrogens is 3. The zero-order valence-electron chi connectivity index (χ0n) is 17.1. The van der Waals surface area contributed by atoms with Crippen LogP contribution in [0.1, 0.15) is 33.1 Å². The molecule has 0 saturated carbocycles. The van der Waals surface area contributed by atoms with Crippen LogP contribution in [0.4, 0.5) is 0 Å². The summed E-state index contributed by atoms with van der Waals surface area (Å²) >= 11 is 7.87. The first-order valence-corrected chi connectivity index (χ1v) is 11.1. The number of carbonyl (C=O) groups is 1. The highest BCUT2D eigenvalue weighted by molar-refractivity contribution is 7.98. The average molecular weight is 453 g/mol. The van der Waals surface area contributed by atoms with Crippen molar-refractivity contribution in [3.63, 3.8) is 0 Å². The Hall–Kier alpha value is -3.03. The molecule has 0 spiro atoms. The fourth-order valence-corrected chi connectivity index (χ4v) is 4.25. The molecule has 6 nitrogen and oxygen atoms in total. The highest BCUT2D eigenvalue weighted by Gasteiger charge is 2.18. The van der Waals surface area contributed by atoms with Gasteiger partial charge >= 0.3 is 0 Å². The van der Waals surface area contributed by atoms with Crippen LogP contribution < -0.4 is 5.32 Å². The maximum absolute atomic E-state index is 12.3. The summed E-state index contributed by atoms with van der Waals surface area (Å²) < 4.78 is 7.11. The number of rotatable bonds is 7. The number of amides is 1. The Kier molecular flexibility index (Phi) is 6.44. The third-order valence-corrected chi connectivity index (χ3v) is 5.95. The molecule has 1 amide bonds. The van der Waals surface area contributed by atoms with Crippen molar-refractivity contribution in [1.29, 1.82) is 0 Å². The summed E-state index contributed by atoms with van der Waals surface area (Å²) in [5.41, 5.74) is 4.33. The molecule has 2 aromatic heterocycles. The van der Waals surface area contributed by atoms with E-state index < -0.39 is 0 Å². The van der Waals surface area contributed by atoms with Crippen LogP contribution in [-0.2, 0) is 12.3 Å². The number of hydrogen-bond acceptors (Lipinski definition) is 5. The first kappa shape index (κ1) is 21.2. The molecule has 4 aromatic rings. The van der Waals surface area contributed by atoms with Gasteiger partial charge in [-0.05, 0) is 49.2 Å². The monoisotopic (exact) mass is 452 g/mol. The van der Waals surface area contributed by atoms with Gasteiger partial charge < -0.3 is 9.73 Å². The fourth-order valence-electron chi connectivity index (χ4n) is 3.18. The van der Waals surface area contributed by atoms with E-state index >= 15 is 0 Å². The maximum Gasteiger partial charge on any atom is 0.287 e. The van der Waals surface area contributed by atoms with Crippen molar-refractivity contribution in [3.8, 4) is 5.69 Å². The molecule has 0 fully saturated rings. The predicted molar refractivity (Wildman–Crippen MR) is 122 cm³/mol. The van der Waals surface area contributed by atoms with Crippen LogP contribution in [0.2, 0.25) is 5.02 Å². The summed E-state index contributed by atoms with van der Waals surface area (Å²) in [5, 5.41) is 12.9. The van der Waals surface area contributed by atoms with E-state index in [9.17, 15) is 4.79 Å². The highest BCUT2D eigenvalue weighted by atomic mass is 35.5. The van der Waals surface area contributed by atoms with E-state index in [4.69, 9.17) is 16.0 Å². The van der Waals surface area contributed by atoms with Crippen molar-refractivity contribution < 1.29 is 9.21 Å². The van der Waals surface area contributed by atoms with Crippen LogP contribution in [0.5, 0.6) is 0 Å². The normalized spacial score (nSPS) is 10.9. The molecule has 0 bridgehead atoms. The lowest BCUT2D eigenvalue weighted by molar-refractivity contribution is 0.0922. The minimum atomic E-state index is -0.309. The molecule has 8 heteroatoms. The van der Waals surface area contributed by atoms with Gasteiger partial charge in [-0.3, -0.25) is 9.36 Å². The summed E-state index contributed by atoms with van der Waals surface area (Å²) in [4.78, 5) is 12.3. The molecule has 4 rings (SSSR count). The molecule has 0 aliphatic carbocycles. The second-order valence-electron chi connectivity index (χ2n) is 7.10. The van der Waals surface area contributed by atoms with Crippen molar-refractivity contribution >= 4 is 29.3 Å². The lowest BCUT2D eigenvalue weighted by atomic mass is 10.2. The number of benzene rings is 2. The van der Waals surface area contributed by atoms with Crippen LogP contribution in [0.25, 0.3) is 5.69 Å². The Morgan fingerprint density at radius 2 is 2.00 bits per heavy atom. The highest BCUT2D eigenvalue weighted by Crippen LogP contribution is 2.28. The van der Waals surface area contributed by atoms with E-state index in [-0.39, 0.29) is 18.2 Å². The van der Waals surface area contributed by atoms with Gasteiger partial charge in [0.1, 0.15) is 0 Å². The van der Waals surface area contributed by atoms with E-state index in [2.05, 4.69) is 40.6 Å². The second kappa shape index (κ2) is 9.41. The van der Waals surface area contributed by atoms with E-state index in [1.54, 1.807) is 23.9 Å². The minimum Gasteiger partial charge on any atom is -0.459 e. The van der Waals surface area contributed by atoms with Gasteiger partial charge in [-0.25, -0.2) is 0 Å². The average Bonchev–Trinajstić information content (AvgIpc) is 3.42. The molecule has 158 valence electrons. The van der Waals surface area contributed by atoms with Crippen molar-refractivity contribution in [1.82, 2.24) is 20.1 Å². The molecule has 2 heterocycles. The summed E-state index contributed by atoms with van der Waals surface area (Å²) in [6.45, 7) is 4.28. The van der Waals surface area contributed by atoms with Crippen LogP contribution in [0.3, 0.4) is 0 Å². The lowest BCUT2D eigenvalue weighted by Gasteiger charge is -2.14. The number of furan rings is 1. The molecule has 0 unspecified atom stereocenters. The Labute approximate surface area is 189 Å². The largest absolute Gasteiger partial charge is 0.459 e. The summed E-state index contributed by atoms with van der Waals surface area (Å²) in [6.07, 6.45) is 1.47. The van der Waals surface area contributed by atoms with Crippen molar-refractivity contribution in [3.05, 3.63) is 94.2 Å². The Morgan fingerprint density at radius 3 is 2.77 bits per heavy atom. The first-order chi connectivity index (χ1) is 15.0. The zero-order chi connectivity index (χ0) is 21.8. The molecule has 0 saturated heterocycles. The number of hydrogen-bond donors (Lipinski definition) is 1. The van der Waals surface area contributed by atoms with Crippen LogP contribution in [0.15, 0.2) is 70.4 Å². The molecule has 0 aliphatic heterocycles. The quantitative estimate of drug-likeness (QED) is 0.382. The summed E-state index contributed by atoms with van der Waals surface area (Å²) in [5.74, 6) is 1.30. The van der Waals surface area contributed by atoms with E-state index in [1.165, 1.54) is 17.4 Å². The maximum atomic E-state index is 12.3.